The van der Waals surface area contributed by atoms with Crippen molar-refractivity contribution in [2.75, 3.05) is 12.8 Å². The first-order valence-corrected chi connectivity index (χ1v) is 6.01. The summed E-state index contributed by atoms with van der Waals surface area (Å²) in [4.78, 5) is 0. The van der Waals surface area contributed by atoms with Gasteiger partial charge in [-0.3, -0.25) is 4.40 Å². The van der Waals surface area contributed by atoms with E-state index in [1.165, 1.54) is 0 Å². The lowest BCUT2D eigenvalue weighted by Crippen LogP contribution is -1.95. The number of nitrogens with two attached hydrogens (primary N) is 1. The molecule has 0 saturated heterocycles. The molecule has 2 heterocycles. The second-order valence-corrected chi connectivity index (χ2v) is 4.50. The third kappa shape index (κ3) is 1.98. The number of fused-ring (bicyclic) bond motifs is 1. The van der Waals surface area contributed by atoms with Crippen LogP contribution in [0.2, 0.25) is 5.02 Å². The summed E-state index contributed by atoms with van der Waals surface area (Å²) in [5.74, 6) is 1.32. The quantitative estimate of drug-likeness (QED) is 0.780. The summed E-state index contributed by atoms with van der Waals surface area (Å²) in [5.41, 5.74) is 7.92. The van der Waals surface area contributed by atoms with Gasteiger partial charge in [-0.25, -0.2) is 0 Å². The van der Waals surface area contributed by atoms with Crippen molar-refractivity contribution in [2.45, 2.75) is 0 Å². The van der Waals surface area contributed by atoms with Gasteiger partial charge in [-0.2, -0.15) is 0 Å². The molecule has 0 spiro atoms. The van der Waals surface area contributed by atoms with Gasteiger partial charge in [0.15, 0.2) is 11.5 Å². The van der Waals surface area contributed by atoms with Crippen LogP contribution in [-0.2, 0) is 0 Å². The molecule has 2 N–H and O–H groups in total. The first-order valence-electron chi connectivity index (χ1n) is 5.63. The van der Waals surface area contributed by atoms with E-state index in [0.29, 0.717) is 27.9 Å². The van der Waals surface area contributed by atoms with E-state index in [1.807, 2.05) is 10.5 Å². The molecule has 0 amide bonds. The molecule has 5 nitrogen and oxygen atoms in total. The maximum absolute atomic E-state index is 6.04. The number of aromatic nitrogens is 3. The normalized spacial score (nSPS) is 10.8. The maximum Gasteiger partial charge on any atom is 0.172 e. The van der Waals surface area contributed by atoms with E-state index >= 15 is 0 Å². The van der Waals surface area contributed by atoms with Crippen LogP contribution in [0.1, 0.15) is 0 Å². The zero-order valence-electron chi connectivity index (χ0n) is 10.2. The van der Waals surface area contributed by atoms with Crippen LogP contribution in [0.5, 0.6) is 5.75 Å². The number of methoxy groups -OCH3 is 1. The Balaban J connectivity index is 2.29. The molecule has 0 aliphatic rings. The van der Waals surface area contributed by atoms with Crippen LogP contribution in [0.4, 0.5) is 5.69 Å². The molecule has 19 heavy (non-hydrogen) atoms. The molecule has 0 unspecified atom stereocenters. The van der Waals surface area contributed by atoms with Gasteiger partial charge in [-0.1, -0.05) is 11.6 Å². The van der Waals surface area contributed by atoms with Crippen molar-refractivity contribution in [1.29, 1.82) is 0 Å². The Hall–Kier alpha value is -2.27. The molecule has 0 saturated carbocycles. The van der Waals surface area contributed by atoms with Gasteiger partial charge >= 0.3 is 0 Å². The molecule has 1 aromatic carbocycles. The standard InChI is InChI=1S/C13H11ClN4O/c1-19-11-4-2-8(14)6-10(11)13-17-16-12-5-3-9(15)7-18(12)13/h2-7H,15H2,1H3. The highest BCUT2D eigenvalue weighted by molar-refractivity contribution is 6.30. The number of nitrogens with zero attached hydrogens (tertiary/aromatic N) is 3. The van der Waals surface area contributed by atoms with Gasteiger partial charge in [0.2, 0.25) is 0 Å². The van der Waals surface area contributed by atoms with Crippen LogP contribution in [0.3, 0.4) is 0 Å². The fraction of sp³-hybridized carbons (Fsp3) is 0.0769. The smallest absolute Gasteiger partial charge is 0.172 e. The van der Waals surface area contributed by atoms with Crippen molar-refractivity contribution in [1.82, 2.24) is 14.6 Å². The molecule has 0 aliphatic heterocycles. The Bertz CT molecular complexity index is 753. The van der Waals surface area contributed by atoms with E-state index in [9.17, 15) is 0 Å². The predicted molar refractivity (Wildman–Crippen MR) is 74.4 cm³/mol. The first-order chi connectivity index (χ1) is 9.19. The lowest BCUT2D eigenvalue weighted by atomic mass is 10.2. The third-order valence-electron chi connectivity index (χ3n) is 2.83. The van der Waals surface area contributed by atoms with Crippen LogP contribution in [-0.4, -0.2) is 21.7 Å². The van der Waals surface area contributed by atoms with Gasteiger partial charge in [0.1, 0.15) is 5.75 Å². The Morgan fingerprint density at radius 1 is 1.21 bits per heavy atom. The largest absolute Gasteiger partial charge is 0.496 e. The Kier molecular flexibility index (Phi) is 2.76. The first kappa shape index (κ1) is 11.8. The minimum absolute atomic E-state index is 0.608. The highest BCUT2D eigenvalue weighted by Crippen LogP contribution is 2.31. The molecule has 0 fully saturated rings. The number of ether oxygens (including phenoxy) is 1. The average Bonchev–Trinajstić information content (AvgIpc) is 2.81. The number of anilines is 1. The van der Waals surface area contributed by atoms with Crippen LogP contribution in [0, 0.1) is 0 Å². The average molecular weight is 275 g/mol. The zero-order valence-corrected chi connectivity index (χ0v) is 10.9. The number of hydrogen-bond donors (Lipinski definition) is 1. The fourth-order valence-electron chi connectivity index (χ4n) is 1.95. The monoisotopic (exact) mass is 274 g/mol. The number of hydrogen-bond acceptors (Lipinski definition) is 4. The molecule has 0 atom stereocenters. The SMILES string of the molecule is COc1ccc(Cl)cc1-c1nnc2ccc(N)cn12. The lowest BCUT2D eigenvalue weighted by Gasteiger charge is -2.07. The summed E-state index contributed by atoms with van der Waals surface area (Å²) in [6.45, 7) is 0. The van der Waals surface area contributed by atoms with E-state index in [4.69, 9.17) is 22.1 Å². The van der Waals surface area contributed by atoms with E-state index in [2.05, 4.69) is 10.2 Å². The van der Waals surface area contributed by atoms with Gasteiger partial charge in [-0.15, -0.1) is 10.2 Å². The highest BCUT2D eigenvalue weighted by atomic mass is 35.5. The Labute approximate surface area is 114 Å². The van der Waals surface area contributed by atoms with Crippen molar-refractivity contribution >= 4 is 22.9 Å². The predicted octanol–water partition coefficient (Wildman–Crippen LogP) is 2.64. The second-order valence-electron chi connectivity index (χ2n) is 4.06. The summed E-state index contributed by atoms with van der Waals surface area (Å²) in [6, 6.07) is 8.94. The second kappa shape index (κ2) is 4.44. The van der Waals surface area contributed by atoms with Crippen LogP contribution in [0.15, 0.2) is 36.5 Å². The van der Waals surface area contributed by atoms with Crippen molar-refractivity contribution in [3.05, 3.63) is 41.6 Å². The highest BCUT2D eigenvalue weighted by Gasteiger charge is 2.13. The van der Waals surface area contributed by atoms with E-state index in [-0.39, 0.29) is 0 Å². The number of halogens is 1. The molecule has 3 aromatic rings. The summed E-state index contributed by atoms with van der Waals surface area (Å²) in [5, 5.41) is 8.88. The van der Waals surface area contributed by atoms with Crippen molar-refractivity contribution in [3.8, 4) is 17.1 Å². The minimum Gasteiger partial charge on any atom is -0.496 e. The van der Waals surface area contributed by atoms with Crippen LogP contribution in [0.25, 0.3) is 17.0 Å². The Morgan fingerprint density at radius 2 is 2.05 bits per heavy atom. The van der Waals surface area contributed by atoms with Gasteiger partial charge in [0.05, 0.1) is 12.7 Å². The van der Waals surface area contributed by atoms with E-state index in [1.54, 1.807) is 37.6 Å². The molecule has 0 radical (unpaired) electrons. The number of pyridine rings is 1. The topological polar surface area (TPSA) is 65.4 Å². The van der Waals surface area contributed by atoms with E-state index < -0.39 is 0 Å². The lowest BCUT2D eigenvalue weighted by molar-refractivity contribution is 0.416. The third-order valence-corrected chi connectivity index (χ3v) is 3.06. The van der Waals surface area contributed by atoms with Crippen molar-refractivity contribution < 1.29 is 4.74 Å². The molecule has 2 aromatic heterocycles. The van der Waals surface area contributed by atoms with Gasteiger partial charge in [0.25, 0.3) is 0 Å². The fourth-order valence-corrected chi connectivity index (χ4v) is 2.12. The van der Waals surface area contributed by atoms with Crippen LogP contribution >= 0.6 is 11.6 Å². The van der Waals surface area contributed by atoms with E-state index in [0.717, 1.165) is 5.56 Å². The van der Waals surface area contributed by atoms with Gasteiger partial charge in [0, 0.05) is 16.9 Å². The number of nitrogen functional groups attached to an aromatic ring is 1. The summed E-state index contributed by atoms with van der Waals surface area (Å²) >= 11 is 6.04. The Morgan fingerprint density at radius 3 is 2.84 bits per heavy atom. The molecule has 6 heteroatoms. The summed E-state index contributed by atoms with van der Waals surface area (Å²) in [7, 11) is 1.60. The summed E-state index contributed by atoms with van der Waals surface area (Å²) in [6.07, 6.45) is 1.77. The number of rotatable bonds is 2. The minimum atomic E-state index is 0.608. The molecule has 0 bridgehead atoms. The maximum atomic E-state index is 6.04. The molecular weight excluding hydrogens is 264 g/mol. The van der Waals surface area contributed by atoms with Crippen molar-refractivity contribution in [3.63, 3.8) is 0 Å². The van der Waals surface area contributed by atoms with Crippen molar-refractivity contribution in [2.24, 2.45) is 0 Å². The molecular formula is C13H11ClN4O. The molecule has 3 rings (SSSR count). The summed E-state index contributed by atoms with van der Waals surface area (Å²) < 4.78 is 7.14. The molecule has 96 valence electrons. The number of benzene rings is 1. The van der Waals surface area contributed by atoms with Gasteiger partial charge < -0.3 is 10.5 Å². The molecule has 0 aliphatic carbocycles. The van der Waals surface area contributed by atoms with Crippen LogP contribution < -0.4 is 10.5 Å². The van der Waals surface area contributed by atoms with Gasteiger partial charge in [-0.05, 0) is 30.3 Å². The zero-order chi connectivity index (χ0) is 13.4.